The number of nitrogens with one attached hydrogen (secondary N) is 1. The van der Waals surface area contributed by atoms with E-state index < -0.39 is 10.2 Å². The van der Waals surface area contributed by atoms with Crippen LogP contribution in [-0.2, 0) is 14.9 Å². The van der Waals surface area contributed by atoms with Crippen molar-refractivity contribution in [2.24, 2.45) is 5.73 Å². The fourth-order valence-corrected chi connectivity index (χ4v) is 2.31. The Labute approximate surface area is 98.3 Å². The van der Waals surface area contributed by atoms with E-state index in [1.807, 2.05) is 6.92 Å². The Morgan fingerprint density at radius 1 is 1.50 bits per heavy atom. The maximum Gasteiger partial charge on any atom is 0.279 e. The van der Waals surface area contributed by atoms with E-state index in [2.05, 4.69) is 4.72 Å². The molecule has 98 valence electrons. The zero-order valence-electron chi connectivity index (χ0n) is 10.3. The van der Waals surface area contributed by atoms with E-state index in [-0.39, 0.29) is 6.04 Å². The lowest BCUT2D eigenvalue weighted by Gasteiger charge is -2.20. The third kappa shape index (κ3) is 6.39. The largest absolute Gasteiger partial charge is 0.385 e. The van der Waals surface area contributed by atoms with Gasteiger partial charge in [-0.05, 0) is 26.3 Å². The average molecular weight is 253 g/mol. The van der Waals surface area contributed by atoms with Gasteiger partial charge >= 0.3 is 0 Å². The predicted molar refractivity (Wildman–Crippen MR) is 64.3 cm³/mol. The molecule has 0 fully saturated rings. The summed E-state index contributed by atoms with van der Waals surface area (Å²) in [7, 11) is -0.255. The minimum absolute atomic E-state index is 0.134. The first-order chi connectivity index (χ1) is 7.44. The van der Waals surface area contributed by atoms with Crippen LogP contribution in [0, 0.1) is 0 Å². The summed E-state index contributed by atoms with van der Waals surface area (Å²) in [5.74, 6) is 0. The van der Waals surface area contributed by atoms with Crippen LogP contribution in [0.5, 0.6) is 0 Å². The summed E-state index contributed by atoms with van der Waals surface area (Å²) in [6, 6.07) is -0.134. The van der Waals surface area contributed by atoms with Gasteiger partial charge in [-0.1, -0.05) is 0 Å². The number of hydrogen-bond donors (Lipinski definition) is 2. The van der Waals surface area contributed by atoms with Crippen molar-refractivity contribution < 1.29 is 13.2 Å². The highest BCUT2D eigenvalue weighted by molar-refractivity contribution is 7.87. The Bertz CT molecular complexity index is 269. The van der Waals surface area contributed by atoms with Crippen LogP contribution in [0.25, 0.3) is 0 Å². The molecule has 0 aliphatic carbocycles. The number of rotatable bonds is 9. The molecule has 3 N–H and O–H groups in total. The second-order valence-electron chi connectivity index (χ2n) is 3.77. The molecule has 0 aromatic heterocycles. The van der Waals surface area contributed by atoms with Gasteiger partial charge < -0.3 is 10.5 Å². The van der Waals surface area contributed by atoms with Gasteiger partial charge in [-0.3, -0.25) is 0 Å². The highest BCUT2D eigenvalue weighted by atomic mass is 32.2. The summed E-state index contributed by atoms with van der Waals surface area (Å²) in [4.78, 5) is 0. The van der Waals surface area contributed by atoms with Crippen molar-refractivity contribution in [1.82, 2.24) is 9.03 Å². The maximum atomic E-state index is 11.7. The quantitative estimate of drug-likeness (QED) is 0.581. The molecule has 1 atom stereocenters. The lowest BCUT2D eigenvalue weighted by atomic mass is 10.3. The summed E-state index contributed by atoms with van der Waals surface area (Å²) < 4.78 is 32.2. The van der Waals surface area contributed by atoms with Crippen molar-refractivity contribution >= 4 is 10.2 Å². The van der Waals surface area contributed by atoms with Crippen LogP contribution < -0.4 is 10.5 Å². The van der Waals surface area contributed by atoms with Gasteiger partial charge in [-0.25, -0.2) is 0 Å². The van der Waals surface area contributed by atoms with E-state index in [1.165, 1.54) is 4.31 Å². The van der Waals surface area contributed by atoms with E-state index in [0.717, 1.165) is 0 Å². The Balaban J connectivity index is 4.11. The van der Waals surface area contributed by atoms with Gasteiger partial charge in [0.1, 0.15) is 0 Å². The monoisotopic (exact) mass is 253 g/mol. The highest BCUT2D eigenvalue weighted by Gasteiger charge is 2.19. The van der Waals surface area contributed by atoms with Crippen molar-refractivity contribution in [3.63, 3.8) is 0 Å². The number of hydrogen-bond acceptors (Lipinski definition) is 4. The molecule has 0 aliphatic heterocycles. The molecule has 1 unspecified atom stereocenters. The molecule has 0 saturated carbocycles. The van der Waals surface area contributed by atoms with Crippen molar-refractivity contribution in [2.75, 3.05) is 33.9 Å². The van der Waals surface area contributed by atoms with Gasteiger partial charge in [0.25, 0.3) is 10.2 Å². The molecule has 0 heterocycles. The third-order valence-electron chi connectivity index (χ3n) is 2.19. The van der Waals surface area contributed by atoms with Crippen LogP contribution in [0.15, 0.2) is 0 Å². The molecule has 0 aromatic rings. The van der Waals surface area contributed by atoms with Crippen LogP contribution in [0.3, 0.4) is 0 Å². The molecule has 0 rings (SSSR count). The van der Waals surface area contributed by atoms with Crippen molar-refractivity contribution in [3.8, 4) is 0 Å². The zero-order chi connectivity index (χ0) is 12.6. The molecular weight excluding hydrogens is 230 g/mol. The van der Waals surface area contributed by atoms with Crippen LogP contribution in [-0.4, -0.2) is 52.6 Å². The Morgan fingerprint density at radius 2 is 2.12 bits per heavy atom. The SMILES string of the molecule is COCCC(C)NS(=O)(=O)N(C)CCCN. The second-order valence-corrected chi connectivity index (χ2v) is 5.58. The van der Waals surface area contributed by atoms with Gasteiger partial charge in [0.2, 0.25) is 0 Å². The van der Waals surface area contributed by atoms with E-state index in [0.29, 0.717) is 32.5 Å². The highest BCUT2D eigenvalue weighted by Crippen LogP contribution is 1.99. The molecule has 0 aliphatic rings. The molecule has 7 heteroatoms. The molecule has 0 spiro atoms. The van der Waals surface area contributed by atoms with Crippen molar-refractivity contribution in [1.29, 1.82) is 0 Å². The summed E-state index contributed by atoms with van der Waals surface area (Å²) in [6.45, 7) is 3.27. The first-order valence-corrected chi connectivity index (χ1v) is 6.80. The number of nitrogens with zero attached hydrogens (tertiary/aromatic N) is 1. The fourth-order valence-electron chi connectivity index (χ4n) is 1.13. The van der Waals surface area contributed by atoms with E-state index in [1.54, 1.807) is 14.2 Å². The van der Waals surface area contributed by atoms with Gasteiger partial charge in [0.15, 0.2) is 0 Å². The smallest absolute Gasteiger partial charge is 0.279 e. The third-order valence-corrected chi connectivity index (χ3v) is 3.90. The lowest BCUT2D eigenvalue weighted by Crippen LogP contribution is -2.43. The molecule has 6 nitrogen and oxygen atoms in total. The Hall–Kier alpha value is -0.210. The predicted octanol–water partition coefficient (Wildman–Crippen LogP) is -0.474. The molecule has 0 aromatic carbocycles. The normalized spacial score (nSPS) is 14.3. The fraction of sp³-hybridized carbons (Fsp3) is 1.00. The van der Waals surface area contributed by atoms with Crippen LogP contribution >= 0.6 is 0 Å². The van der Waals surface area contributed by atoms with Gasteiger partial charge in [0, 0.05) is 33.4 Å². The first-order valence-electron chi connectivity index (χ1n) is 5.36. The minimum atomic E-state index is -3.39. The van der Waals surface area contributed by atoms with Gasteiger partial charge in [-0.15, -0.1) is 0 Å². The van der Waals surface area contributed by atoms with Crippen molar-refractivity contribution in [2.45, 2.75) is 25.8 Å². The summed E-state index contributed by atoms with van der Waals surface area (Å²) in [5.41, 5.74) is 5.33. The molecule has 0 saturated heterocycles. The van der Waals surface area contributed by atoms with E-state index >= 15 is 0 Å². The van der Waals surface area contributed by atoms with Gasteiger partial charge in [0.05, 0.1) is 0 Å². The minimum Gasteiger partial charge on any atom is -0.385 e. The Morgan fingerprint density at radius 3 is 2.62 bits per heavy atom. The van der Waals surface area contributed by atoms with Crippen LogP contribution in [0.4, 0.5) is 0 Å². The summed E-state index contributed by atoms with van der Waals surface area (Å²) in [5, 5.41) is 0. The second kappa shape index (κ2) is 7.97. The molecule has 0 amide bonds. The van der Waals surface area contributed by atoms with E-state index in [9.17, 15) is 8.42 Å². The lowest BCUT2D eigenvalue weighted by molar-refractivity contribution is 0.187. The number of nitrogens with two attached hydrogens (primary N) is 1. The molecular formula is C9H23N3O3S. The number of methoxy groups -OCH3 is 1. The Kier molecular flexibility index (Phi) is 7.86. The molecule has 0 radical (unpaired) electrons. The standard InChI is InChI=1S/C9H23N3O3S/c1-9(5-8-15-3)11-16(13,14)12(2)7-4-6-10/h9,11H,4-8,10H2,1-3H3. The summed E-state index contributed by atoms with van der Waals surface area (Å²) >= 11 is 0. The topological polar surface area (TPSA) is 84.7 Å². The summed E-state index contributed by atoms with van der Waals surface area (Å²) in [6.07, 6.45) is 1.31. The average Bonchev–Trinajstić information content (AvgIpc) is 2.22. The first kappa shape index (κ1) is 15.8. The van der Waals surface area contributed by atoms with E-state index in [4.69, 9.17) is 10.5 Å². The molecule has 0 bridgehead atoms. The number of ether oxygens (including phenoxy) is 1. The van der Waals surface area contributed by atoms with Crippen molar-refractivity contribution in [3.05, 3.63) is 0 Å². The van der Waals surface area contributed by atoms with Gasteiger partial charge in [-0.2, -0.15) is 17.4 Å². The van der Waals surface area contributed by atoms with Crippen LogP contribution in [0.1, 0.15) is 19.8 Å². The maximum absolute atomic E-state index is 11.7. The van der Waals surface area contributed by atoms with Crippen LogP contribution in [0.2, 0.25) is 0 Å². The molecule has 16 heavy (non-hydrogen) atoms. The zero-order valence-corrected chi connectivity index (χ0v) is 11.1.